The number of halogens is 2. The van der Waals surface area contributed by atoms with Crippen LogP contribution in [0.3, 0.4) is 0 Å². The second-order valence-corrected chi connectivity index (χ2v) is 14.6. The molecule has 188 valence electrons. The molecule has 0 fully saturated rings. The molecular weight excluding hydrogens is 555 g/mol. The molecule has 6 aromatic carbocycles. The van der Waals surface area contributed by atoms with Crippen molar-refractivity contribution in [3.05, 3.63) is 120 Å². The third kappa shape index (κ3) is 4.88. The molecule has 0 radical (unpaired) electrons. The van der Waals surface area contributed by atoms with Gasteiger partial charge in [0.25, 0.3) is 0 Å². The molecule has 0 saturated heterocycles. The number of rotatable bonds is 4. The van der Waals surface area contributed by atoms with E-state index in [4.69, 9.17) is 0 Å². The van der Waals surface area contributed by atoms with Crippen LogP contribution in [0.15, 0.2) is 109 Å². The van der Waals surface area contributed by atoms with E-state index in [2.05, 4.69) is 136 Å². The largest absolute Gasteiger partial charge is 4.00 e. The summed E-state index contributed by atoms with van der Waals surface area (Å²) in [5.41, 5.74) is 8.14. The van der Waals surface area contributed by atoms with E-state index in [9.17, 15) is 0 Å². The predicted octanol–water partition coefficient (Wildman–Crippen LogP) is 2.21. The van der Waals surface area contributed by atoms with E-state index in [1.165, 1.54) is 54.9 Å². The summed E-state index contributed by atoms with van der Waals surface area (Å²) in [6.45, 7) is 9.75. The van der Waals surface area contributed by atoms with Gasteiger partial charge in [0.1, 0.15) is 0 Å². The van der Waals surface area contributed by atoms with Crippen LogP contribution in [-0.2, 0) is 21.7 Å². The minimum Gasteiger partial charge on any atom is -1.00 e. The standard InChI is InChI=1S/C34H30Si.2ClH.Ti/c1-23-21-27-17-11-19-29(25-13-7-5-8-14-25)31(27)33(23)35(3,4)34-24(2)22-28-18-12-20-30(32(28)34)26-15-9-6-10-16-26;;;/h5-22H,1-4H3;2*1H;/q-2;;;+4/p-2. The van der Waals surface area contributed by atoms with Crippen molar-refractivity contribution in [1.82, 2.24) is 0 Å². The normalized spacial score (nSPS) is 11.1. The van der Waals surface area contributed by atoms with E-state index in [1.54, 1.807) is 10.4 Å². The van der Waals surface area contributed by atoms with Crippen molar-refractivity contribution in [3.63, 3.8) is 0 Å². The summed E-state index contributed by atoms with van der Waals surface area (Å²) in [4.78, 5) is 0. The van der Waals surface area contributed by atoms with Crippen LogP contribution in [0.4, 0.5) is 0 Å². The van der Waals surface area contributed by atoms with Gasteiger partial charge in [-0.15, -0.1) is 69.1 Å². The molecule has 0 saturated carbocycles. The fourth-order valence-corrected chi connectivity index (χ4v) is 10.6. The molecule has 0 bridgehead atoms. The number of hydrogen-bond acceptors (Lipinski definition) is 0. The summed E-state index contributed by atoms with van der Waals surface area (Å²) in [6.07, 6.45) is 0. The molecule has 0 nitrogen and oxygen atoms in total. The minimum atomic E-state index is -2.10. The van der Waals surface area contributed by atoms with Gasteiger partial charge in [-0.1, -0.05) is 111 Å². The van der Waals surface area contributed by atoms with E-state index in [1.807, 2.05) is 0 Å². The van der Waals surface area contributed by atoms with Gasteiger partial charge in [0, 0.05) is 8.07 Å². The van der Waals surface area contributed by atoms with Crippen molar-refractivity contribution in [1.29, 1.82) is 0 Å². The second kappa shape index (κ2) is 11.8. The fourth-order valence-electron chi connectivity index (χ4n) is 6.40. The molecule has 0 aliphatic carbocycles. The van der Waals surface area contributed by atoms with E-state index >= 15 is 0 Å². The minimum absolute atomic E-state index is 0. The summed E-state index contributed by atoms with van der Waals surface area (Å²) < 4.78 is 0. The van der Waals surface area contributed by atoms with Crippen LogP contribution >= 0.6 is 0 Å². The van der Waals surface area contributed by atoms with Crippen LogP contribution in [-0.4, -0.2) is 8.07 Å². The van der Waals surface area contributed by atoms with Crippen molar-refractivity contribution in [2.75, 3.05) is 0 Å². The molecule has 0 amide bonds. The van der Waals surface area contributed by atoms with E-state index < -0.39 is 8.07 Å². The molecule has 0 heterocycles. The number of aryl methyl sites for hydroxylation is 2. The molecule has 0 unspecified atom stereocenters. The van der Waals surface area contributed by atoms with Gasteiger partial charge in [-0.3, -0.25) is 0 Å². The molecule has 0 spiro atoms. The third-order valence-electron chi connectivity index (χ3n) is 7.65. The predicted molar refractivity (Wildman–Crippen MR) is 156 cm³/mol. The Morgan fingerprint density at radius 1 is 0.500 bits per heavy atom. The molecule has 0 N–H and O–H groups in total. The SMILES string of the molecule is Cc1[cH-]c2cccc(-c3ccccc3)c2c1[Si](C)(C)c1c(C)[cH-]c2cccc(-c3ccccc3)c12.[Cl-].[Cl-].[Ti+4]. The number of hydrogen-bond donors (Lipinski definition) is 0. The van der Waals surface area contributed by atoms with E-state index in [0.717, 1.165) is 0 Å². The van der Waals surface area contributed by atoms with Crippen molar-refractivity contribution in [3.8, 4) is 22.3 Å². The molecule has 0 aromatic heterocycles. The molecule has 6 rings (SSSR count). The fraction of sp³-hybridized carbons (Fsp3) is 0.118. The van der Waals surface area contributed by atoms with Gasteiger partial charge in [-0.25, -0.2) is 0 Å². The first kappa shape index (κ1) is 30.2. The maximum absolute atomic E-state index is 2.56. The molecule has 38 heavy (non-hydrogen) atoms. The van der Waals surface area contributed by atoms with Gasteiger partial charge < -0.3 is 24.8 Å². The Kier molecular flexibility index (Phi) is 9.35. The summed E-state index contributed by atoms with van der Waals surface area (Å²) in [5, 5.41) is 8.75. The van der Waals surface area contributed by atoms with Gasteiger partial charge in [0.15, 0.2) is 0 Å². The Labute approximate surface area is 254 Å². The van der Waals surface area contributed by atoms with Gasteiger partial charge in [-0.05, 0) is 11.1 Å². The monoisotopic (exact) mass is 584 g/mol. The van der Waals surface area contributed by atoms with Crippen LogP contribution < -0.4 is 35.2 Å². The zero-order chi connectivity index (χ0) is 24.2. The average molecular weight is 585 g/mol. The zero-order valence-corrected chi connectivity index (χ0v) is 26.2. The summed E-state index contributed by atoms with van der Waals surface area (Å²) in [5.74, 6) is 0. The van der Waals surface area contributed by atoms with E-state index in [-0.39, 0.29) is 46.5 Å². The summed E-state index contributed by atoms with van der Waals surface area (Å²) in [6, 6.07) is 40.2. The topological polar surface area (TPSA) is 0 Å². The van der Waals surface area contributed by atoms with Crippen LogP contribution in [0.25, 0.3) is 43.8 Å². The number of fused-ring (bicyclic) bond motifs is 2. The van der Waals surface area contributed by atoms with E-state index in [0.29, 0.717) is 0 Å². The van der Waals surface area contributed by atoms with Crippen molar-refractivity contribution in [2.24, 2.45) is 0 Å². The van der Waals surface area contributed by atoms with Gasteiger partial charge >= 0.3 is 21.7 Å². The molecular formula is C34H30Cl2SiTi. The quantitative estimate of drug-likeness (QED) is 0.220. The van der Waals surface area contributed by atoms with Gasteiger partial charge in [0.2, 0.25) is 0 Å². The first-order valence-corrected chi connectivity index (χ1v) is 15.5. The van der Waals surface area contributed by atoms with Crippen LogP contribution in [0.2, 0.25) is 13.1 Å². The first-order valence-electron chi connectivity index (χ1n) is 12.5. The van der Waals surface area contributed by atoms with Crippen molar-refractivity contribution in [2.45, 2.75) is 26.9 Å². The number of benzene rings is 4. The molecule has 4 heteroatoms. The Balaban J connectivity index is 0.00000133. The maximum atomic E-state index is 2.56. The summed E-state index contributed by atoms with van der Waals surface area (Å²) >= 11 is 0. The van der Waals surface area contributed by atoms with Crippen LogP contribution in [0, 0.1) is 13.8 Å². The molecule has 0 atom stereocenters. The van der Waals surface area contributed by atoms with Crippen molar-refractivity contribution >= 4 is 40.0 Å². The molecule has 0 aliphatic rings. The summed E-state index contributed by atoms with van der Waals surface area (Å²) in [7, 11) is -2.10. The Bertz CT molecular complexity index is 1550. The van der Waals surface area contributed by atoms with Crippen LogP contribution in [0.1, 0.15) is 11.1 Å². The van der Waals surface area contributed by atoms with Gasteiger partial charge in [0.05, 0.1) is 0 Å². The Morgan fingerprint density at radius 3 is 1.24 bits per heavy atom. The maximum Gasteiger partial charge on any atom is 4.00 e. The zero-order valence-electron chi connectivity index (χ0n) is 22.1. The van der Waals surface area contributed by atoms with Crippen LogP contribution in [0.5, 0.6) is 0 Å². The van der Waals surface area contributed by atoms with Crippen molar-refractivity contribution < 1.29 is 46.5 Å². The average Bonchev–Trinajstić information content (AvgIpc) is 3.41. The Morgan fingerprint density at radius 2 is 0.868 bits per heavy atom. The third-order valence-corrected chi connectivity index (χ3v) is 11.4. The molecule has 0 aliphatic heterocycles. The first-order chi connectivity index (χ1) is 17.0. The smallest absolute Gasteiger partial charge is 1.00 e. The molecule has 6 aromatic rings. The van der Waals surface area contributed by atoms with Gasteiger partial charge in [-0.2, -0.15) is 10.4 Å². The second-order valence-electron chi connectivity index (χ2n) is 10.3. The Hall–Kier alpha value is -2.39.